The number of nitrogens with one attached hydrogen (secondary N) is 2. The molecule has 1 aliphatic heterocycles. The van der Waals surface area contributed by atoms with Crippen molar-refractivity contribution < 1.29 is 14.7 Å². The molecule has 3 rings (SSSR count). The minimum absolute atomic E-state index is 0.255. The number of carboxylic acids is 1. The highest BCUT2D eigenvalue weighted by molar-refractivity contribution is 5.83. The van der Waals surface area contributed by atoms with Gasteiger partial charge < -0.3 is 20.3 Å². The molecule has 1 unspecified atom stereocenters. The third-order valence-electron chi connectivity index (χ3n) is 4.46. The summed E-state index contributed by atoms with van der Waals surface area (Å²) < 4.78 is 0. The van der Waals surface area contributed by atoms with Gasteiger partial charge in [-0.25, -0.2) is 14.6 Å². The third-order valence-corrected chi connectivity index (χ3v) is 4.46. The van der Waals surface area contributed by atoms with Gasteiger partial charge in [0.05, 0.1) is 24.3 Å². The number of aliphatic carboxylic acids is 1. The van der Waals surface area contributed by atoms with Crippen molar-refractivity contribution in [1.29, 1.82) is 0 Å². The van der Waals surface area contributed by atoms with Gasteiger partial charge >= 0.3 is 12.0 Å². The second-order valence-electron chi connectivity index (χ2n) is 5.85. The van der Waals surface area contributed by atoms with Crippen LogP contribution in [0.15, 0.2) is 6.33 Å². The van der Waals surface area contributed by atoms with Crippen molar-refractivity contribution in [3.05, 3.63) is 17.7 Å². The molecule has 0 saturated heterocycles. The van der Waals surface area contributed by atoms with Gasteiger partial charge in [0.15, 0.2) is 0 Å². The van der Waals surface area contributed by atoms with Gasteiger partial charge in [0, 0.05) is 13.0 Å². The Morgan fingerprint density at radius 2 is 2.19 bits per heavy atom. The first-order chi connectivity index (χ1) is 10.1. The SMILES string of the molecule is O=C(O)C1Cc2nc[nH]c2CN1C(=O)NCC1CCCC1. The molecule has 1 aliphatic carbocycles. The van der Waals surface area contributed by atoms with Gasteiger partial charge in [-0.15, -0.1) is 0 Å². The topological polar surface area (TPSA) is 98.3 Å². The molecule has 3 N–H and O–H groups in total. The molecule has 0 aromatic carbocycles. The van der Waals surface area contributed by atoms with E-state index in [1.807, 2.05) is 0 Å². The number of carbonyl (C=O) groups excluding carboxylic acids is 1. The molecule has 2 aliphatic rings. The molecule has 1 aromatic heterocycles. The van der Waals surface area contributed by atoms with Gasteiger partial charge in [0.25, 0.3) is 0 Å². The van der Waals surface area contributed by atoms with E-state index in [-0.39, 0.29) is 19.0 Å². The first-order valence-electron chi connectivity index (χ1n) is 7.43. The van der Waals surface area contributed by atoms with E-state index in [9.17, 15) is 14.7 Å². The van der Waals surface area contributed by atoms with E-state index in [1.165, 1.54) is 17.7 Å². The number of carboxylic acid groups (broad SMARTS) is 1. The van der Waals surface area contributed by atoms with Gasteiger partial charge in [-0.3, -0.25) is 0 Å². The van der Waals surface area contributed by atoms with Crippen LogP contribution in [0.25, 0.3) is 0 Å². The van der Waals surface area contributed by atoms with Gasteiger partial charge in [-0.1, -0.05) is 12.8 Å². The number of aromatic nitrogens is 2. The van der Waals surface area contributed by atoms with E-state index in [0.29, 0.717) is 12.5 Å². The summed E-state index contributed by atoms with van der Waals surface area (Å²) in [6, 6.07) is -1.14. The summed E-state index contributed by atoms with van der Waals surface area (Å²) in [6.07, 6.45) is 6.54. The van der Waals surface area contributed by atoms with Crippen LogP contribution in [-0.2, 0) is 17.8 Å². The molecule has 0 spiro atoms. The Morgan fingerprint density at radius 3 is 2.90 bits per heavy atom. The second kappa shape index (κ2) is 5.75. The van der Waals surface area contributed by atoms with Crippen molar-refractivity contribution in [2.45, 2.75) is 44.7 Å². The van der Waals surface area contributed by atoms with Crippen molar-refractivity contribution in [3.63, 3.8) is 0 Å². The predicted octanol–water partition coefficient (Wildman–Crippen LogP) is 1.12. The molecule has 1 fully saturated rings. The number of hydrogen-bond donors (Lipinski definition) is 3. The molecule has 7 heteroatoms. The van der Waals surface area contributed by atoms with E-state index in [0.717, 1.165) is 24.2 Å². The van der Waals surface area contributed by atoms with Gasteiger partial charge in [0.2, 0.25) is 0 Å². The molecule has 7 nitrogen and oxygen atoms in total. The third kappa shape index (κ3) is 2.86. The molecule has 1 atom stereocenters. The number of carbonyl (C=O) groups is 2. The Kier molecular flexibility index (Phi) is 3.81. The van der Waals surface area contributed by atoms with Gasteiger partial charge in [-0.2, -0.15) is 0 Å². The fourth-order valence-corrected chi connectivity index (χ4v) is 3.22. The highest BCUT2D eigenvalue weighted by Gasteiger charge is 2.36. The first kappa shape index (κ1) is 13.9. The molecule has 1 saturated carbocycles. The summed E-state index contributed by atoms with van der Waals surface area (Å²) in [6.45, 7) is 0.903. The molecule has 0 bridgehead atoms. The van der Waals surface area contributed by atoms with Crippen molar-refractivity contribution in [2.24, 2.45) is 5.92 Å². The number of aromatic amines is 1. The molecule has 0 radical (unpaired) electrons. The van der Waals surface area contributed by atoms with Crippen LogP contribution < -0.4 is 5.32 Å². The number of imidazole rings is 1. The number of amides is 2. The first-order valence-corrected chi connectivity index (χ1v) is 7.43. The van der Waals surface area contributed by atoms with Crippen LogP contribution in [0, 0.1) is 5.92 Å². The number of urea groups is 1. The lowest BCUT2D eigenvalue weighted by Crippen LogP contribution is -2.52. The van der Waals surface area contributed by atoms with Crippen LogP contribution >= 0.6 is 0 Å². The average Bonchev–Trinajstić information content (AvgIpc) is 3.13. The van der Waals surface area contributed by atoms with E-state index < -0.39 is 12.0 Å². The molecule has 2 heterocycles. The summed E-state index contributed by atoms with van der Waals surface area (Å²) in [4.78, 5) is 32.2. The maximum absolute atomic E-state index is 12.3. The Balaban J connectivity index is 1.66. The summed E-state index contributed by atoms with van der Waals surface area (Å²) in [5.74, 6) is -0.454. The largest absolute Gasteiger partial charge is 0.480 e. The van der Waals surface area contributed by atoms with E-state index in [1.54, 1.807) is 6.33 Å². The van der Waals surface area contributed by atoms with Crippen LogP contribution in [0.3, 0.4) is 0 Å². The Labute approximate surface area is 122 Å². The molecular formula is C14H20N4O3. The minimum atomic E-state index is -0.986. The highest BCUT2D eigenvalue weighted by atomic mass is 16.4. The fourth-order valence-electron chi connectivity index (χ4n) is 3.22. The Bertz CT molecular complexity index is 536. The Hall–Kier alpha value is -2.05. The summed E-state index contributed by atoms with van der Waals surface area (Å²) >= 11 is 0. The zero-order valence-corrected chi connectivity index (χ0v) is 11.8. The van der Waals surface area contributed by atoms with E-state index >= 15 is 0 Å². The quantitative estimate of drug-likeness (QED) is 0.777. The summed E-state index contributed by atoms with van der Waals surface area (Å²) in [5.41, 5.74) is 1.56. The van der Waals surface area contributed by atoms with Crippen molar-refractivity contribution in [3.8, 4) is 0 Å². The van der Waals surface area contributed by atoms with Crippen molar-refractivity contribution in [1.82, 2.24) is 20.2 Å². The van der Waals surface area contributed by atoms with Crippen LogP contribution in [0.5, 0.6) is 0 Å². The maximum atomic E-state index is 12.3. The maximum Gasteiger partial charge on any atom is 0.326 e. The average molecular weight is 292 g/mol. The number of hydrogen-bond acceptors (Lipinski definition) is 3. The molecular weight excluding hydrogens is 272 g/mol. The van der Waals surface area contributed by atoms with Crippen LogP contribution in [0.4, 0.5) is 4.79 Å². The van der Waals surface area contributed by atoms with Gasteiger partial charge in [0.1, 0.15) is 6.04 Å². The highest BCUT2D eigenvalue weighted by Crippen LogP contribution is 2.24. The predicted molar refractivity (Wildman–Crippen MR) is 74.6 cm³/mol. The monoisotopic (exact) mass is 292 g/mol. The zero-order valence-electron chi connectivity index (χ0n) is 11.8. The summed E-state index contributed by atoms with van der Waals surface area (Å²) in [7, 11) is 0. The fraction of sp³-hybridized carbons (Fsp3) is 0.643. The van der Waals surface area contributed by atoms with E-state index in [2.05, 4.69) is 15.3 Å². The molecule has 21 heavy (non-hydrogen) atoms. The van der Waals surface area contributed by atoms with Crippen LogP contribution in [-0.4, -0.2) is 44.6 Å². The number of H-pyrrole nitrogens is 1. The van der Waals surface area contributed by atoms with Crippen LogP contribution in [0.2, 0.25) is 0 Å². The Morgan fingerprint density at radius 1 is 1.43 bits per heavy atom. The lowest BCUT2D eigenvalue weighted by atomic mass is 10.0. The number of fused-ring (bicyclic) bond motifs is 1. The normalized spacial score (nSPS) is 22.1. The molecule has 114 valence electrons. The molecule has 1 aromatic rings. The lowest BCUT2D eigenvalue weighted by Gasteiger charge is -2.32. The lowest BCUT2D eigenvalue weighted by molar-refractivity contribution is -0.142. The zero-order chi connectivity index (χ0) is 14.8. The number of nitrogens with zero attached hydrogens (tertiary/aromatic N) is 2. The molecule has 2 amide bonds. The van der Waals surface area contributed by atoms with Crippen LogP contribution in [0.1, 0.15) is 37.1 Å². The van der Waals surface area contributed by atoms with Crippen molar-refractivity contribution >= 4 is 12.0 Å². The summed E-state index contributed by atoms with van der Waals surface area (Å²) in [5, 5.41) is 12.2. The smallest absolute Gasteiger partial charge is 0.326 e. The standard InChI is InChI=1S/C14H20N4O3/c19-13(20)12-5-10-11(17-8-16-10)7-18(12)14(21)15-6-9-3-1-2-4-9/h8-9,12H,1-7H2,(H,15,21)(H,16,17)(H,19,20). The second-order valence-corrected chi connectivity index (χ2v) is 5.85. The minimum Gasteiger partial charge on any atom is -0.480 e. The van der Waals surface area contributed by atoms with Crippen molar-refractivity contribution in [2.75, 3.05) is 6.54 Å². The van der Waals surface area contributed by atoms with E-state index in [4.69, 9.17) is 0 Å². The van der Waals surface area contributed by atoms with Gasteiger partial charge in [-0.05, 0) is 18.8 Å². The number of rotatable bonds is 3.